The fourth-order valence-electron chi connectivity index (χ4n) is 2.69. The Balaban J connectivity index is 2.06. The van der Waals surface area contributed by atoms with Gasteiger partial charge in [0.05, 0.1) is 5.69 Å². The van der Waals surface area contributed by atoms with Crippen LogP contribution in [0.25, 0.3) is 0 Å². The summed E-state index contributed by atoms with van der Waals surface area (Å²) in [6.07, 6.45) is 7.09. The molecule has 1 N–H and O–H groups in total. The molecule has 0 spiro atoms. The Labute approximate surface area is 139 Å². The van der Waals surface area contributed by atoms with Crippen molar-refractivity contribution in [1.29, 1.82) is 5.26 Å². The standard InChI is InChI=1S/C17H20BrN3O/c1-21(14-7-3-2-4-8-14)17(22)13(11-19)12-20-16-10-6-5-9-15(16)18/h5-6,9-10,12,14,20H,2-4,7-8H2,1H3/b13-12-. The maximum atomic E-state index is 12.5. The molecule has 0 unspecified atom stereocenters. The monoisotopic (exact) mass is 361 g/mol. The predicted octanol–water partition coefficient (Wildman–Crippen LogP) is 4.06. The minimum Gasteiger partial charge on any atom is -0.359 e. The third-order valence-electron chi connectivity index (χ3n) is 4.04. The molecule has 1 saturated carbocycles. The Morgan fingerprint density at radius 2 is 2.05 bits per heavy atom. The number of rotatable bonds is 4. The van der Waals surface area contributed by atoms with E-state index < -0.39 is 0 Å². The van der Waals surface area contributed by atoms with E-state index in [-0.39, 0.29) is 17.5 Å². The van der Waals surface area contributed by atoms with E-state index in [4.69, 9.17) is 0 Å². The molecule has 0 aliphatic heterocycles. The largest absolute Gasteiger partial charge is 0.359 e. The number of nitrogens with one attached hydrogen (secondary N) is 1. The first kappa shape index (κ1) is 16.6. The van der Waals surface area contributed by atoms with Crippen LogP contribution in [0.2, 0.25) is 0 Å². The van der Waals surface area contributed by atoms with Gasteiger partial charge in [-0.15, -0.1) is 0 Å². The van der Waals surface area contributed by atoms with Crippen molar-refractivity contribution in [1.82, 2.24) is 4.90 Å². The van der Waals surface area contributed by atoms with Gasteiger partial charge in [-0.05, 0) is 40.9 Å². The number of likely N-dealkylation sites (N-methyl/N-ethyl adjacent to an activating group) is 1. The lowest BCUT2D eigenvalue weighted by molar-refractivity contribution is -0.128. The molecule has 1 aliphatic carbocycles. The molecule has 2 rings (SSSR count). The van der Waals surface area contributed by atoms with Gasteiger partial charge in [-0.2, -0.15) is 5.26 Å². The highest BCUT2D eigenvalue weighted by molar-refractivity contribution is 9.10. The van der Waals surface area contributed by atoms with Crippen LogP contribution in [0, 0.1) is 11.3 Å². The Morgan fingerprint density at radius 1 is 1.36 bits per heavy atom. The molecule has 0 heterocycles. The van der Waals surface area contributed by atoms with E-state index in [0.29, 0.717) is 0 Å². The molecule has 1 aliphatic rings. The zero-order valence-electron chi connectivity index (χ0n) is 12.7. The van der Waals surface area contributed by atoms with E-state index in [1.165, 1.54) is 12.6 Å². The van der Waals surface area contributed by atoms with Crippen molar-refractivity contribution in [2.45, 2.75) is 38.1 Å². The molecular formula is C17H20BrN3O. The summed E-state index contributed by atoms with van der Waals surface area (Å²) in [5.41, 5.74) is 0.951. The fraction of sp³-hybridized carbons (Fsp3) is 0.412. The molecule has 1 amide bonds. The van der Waals surface area contributed by atoms with Crippen LogP contribution in [0.15, 0.2) is 40.5 Å². The van der Waals surface area contributed by atoms with Crippen molar-refractivity contribution < 1.29 is 4.79 Å². The Bertz CT molecular complexity index is 600. The topological polar surface area (TPSA) is 56.1 Å². The lowest BCUT2D eigenvalue weighted by Crippen LogP contribution is -2.39. The number of para-hydroxylation sites is 1. The summed E-state index contributed by atoms with van der Waals surface area (Å²) in [6.45, 7) is 0. The van der Waals surface area contributed by atoms with Crippen LogP contribution in [0.3, 0.4) is 0 Å². The maximum absolute atomic E-state index is 12.5. The van der Waals surface area contributed by atoms with Crippen molar-refractivity contribution >= 4 is 27.5 Å². The van der Waals surface area contributed by atoms with Crippen LogP contribution < -0.4 is 5.32 Å². The van der Waals surface area contributed by atoms with Crippen LogP contribution in [0.5, 0.6) is 0 Å². The minimum absolute atomic E-state index is 0.129. The molecule has 0 saturated heterocycles. The average Bonchev–Trinajstić information content (AvgIpc) is 2.56. The molecule has 5 heteroatoms. The number of halogens is 1. The SMILES string of the molecule is CN(C(=O)/C(C#N)=C\Nc1ccccc1Br)C1CCCCC1. The predicted molar refractivity (Wildman–Crippen MR) is 91.1 cm³/mol. The summed E-state index contributed by atoms with van der Waals surface area (Å²) in [5.74, 6) is -0.214. The van der Waals surface area contributed by atoms with E-state index >= 15 is 0 Å². The number of amides is 1. The van der Waals surface area contributed by atoms with Crippen LogP contribution in [0.4, 0.5) is 5.69 Å². The first-order valence-electron chi connectivity index (χ1n) is 7.52. The number of hydrogen-bond donors (Lipinski definition) is 1. The Morgan fingerprint density at radius 3 is 2.68 bits per heavy atom. The van der Waals surface area contributed by atoms with Crippen LogP contribution in [0.1, 0.15) is 32.1 Å². The Hall–Kier alpha value is -1.80. The summed E-state index contributed by atoms with van der Waals surface area (Å²) in [7, 11) is 1.79. The first-order chi connectivity index (χ1) is 10.6. The van der Waals surface area contributed by atoms with Crippen LogP contribution >= 0.6 is 15.9 Å². The number of nitriles is 1. The van der Waals surface area contributed by atoms with E-state index in [9.17, 15) is 10.1 Å². The van der Waals surface area contributed by atoms with Gasteiger partial charge < -0.3 is 10.2 Å². The molecule has 0 aromatic heterocycles. The van der Waals surface area contributed by atoms with Crippen molar-refractivity contribution in [3.63, 3.8) is 0 Å². The lowest BCUT2D eigenvalue weighted by atomic mass is 9.94. The zero-order chi connectivity index (χ0) is 15.9. The van der Waals surface area contributed by atoms with E-state index in [0.717, 1.165) is 35.8 Å². The average molecular weight is 362 g/mol. The molecule has 0 bridgehead atoms. The van der Waals surface area contributed by atoms with Gasteiger partial charge in [0.25, 0.3) is 5.91 Å². The summed E-state index contributed by atoms with van der Waals surface area (Å²) in [6, 6.07) is 9.84. The quantitative estimate of drug-likeness (QED) is 0.649. The van der Waals surface area contributed by atoms with E-state index in [2.05, 4.69) is 21.2 Å². The molecule has 4 nitrogen and oxygen atoms in total. The number of benzene rings is 1. The van der Waals surface area contributed by atoms with Crippen LogP contribution in [-0.2, 0) is 4.79 Å². The van der Waals surface area contributed by atoms with Crippen molar-refractivity contribution in [2.75, 3.05) is 12.4 Å². The number of hydrogen-bond acceptors (Lipinski definition) is 3. The lowest BCUT2D eigenvalue weighted by Gasteiger charge is -2.31. The van der Waals surface area contributed by atoms with Gasteiger partial charge in [0.15, 0.2) is 0 Å². The molecule has 0 atom stereocenters. The van der Waals surface area contributed by atoms with Gasteiger partial charge in [-0.3, -0.25) is 4.79 Å². The molecular weight excluding hydrogens is 342 g/mol. The van der Waals surface area contributed by atoms with Crippen LogP contribution in [-0.4, -0.2) is 23.9 Å². The third-order valence-corrected chi connectivity index (χ3v) is 4.73. The number of carbonyl (C=O) groups excluding carboxylic acids is 1. The number of anilines is 1. The summed E-state index contributed by atoms with van der Waals surface area (Å²) in [5, 5.41) is 12.3. The zero-order valence-corrected chi connectivity index (χ0v) is 14.3. The summed E-state index contributed by atoms with van der Waals surface area (Å²) < 4.78 is 0.886. The molecule has 1 fully saturated rings. The third kappa shape index (κ3) is 4.11. The Kier molecular flexibility index (Phi) is 6.02. The number of nitrogens with zero attached hydrogens (tertiary/aromatic N) is 2. The maximum Gasteiger partial charge on any atom is 0.266 e. The first-order valence-corrected chi connectivity index (χ1v) is 8.31. The molecule has 1 aromatic rings. The molecule has 0 radical (unpaired) electrons. The van der Waals surface area contributed by atoms with Gasteiger partial charge >= 0.3 is 0 Å². The van der Waals surface area contributed by atoms with Gasteiger partial charge in [0.2, 0.25) is 0 Å². The second kappa shape index (κ2) is 8.00. The fourth-order valence-corrected chi connectivity index (χ4v) is 3.09. The van der Waals surface area contributed by atoms with E-state index in [1.54, 1.807) is 11.9 Å². The second-order valence-electron chi connectivity index (χ2n) is 5.50. The highest BCUT2D eigenvalue weighted by atomic mass is 79.9. The molecule has 116 valence electrons. The van der Waals surface area contributed by atoms with Crippen molar-refractivity contribution in [2.24, 2.45) is 0 Å². The molecule has 1 aromatic carbocycles. The highest BCUT2D eigenvalue weighted by Crippen LogP contribution is 2.23. The van der Waals surface area contributed by atoms with Gasteiger partial charge in [-0.1, -0.05) is 31.4 Å². The number of carbonyl (C=O) groups is 1. The normalized spacial score (nSPS) is 16.0. The summed E-state index contributed by atoms with van der Waals surface area (Å²) >= 11 is 3.43. The van der Waals surface area contributed by atoms with E-state index in [1.807, 2.05) is 30.3 Å². The smallest absolute Gasteiger partial charge is 0.266 e. The highest BCUT2D eigenvalue weighted by Gasteiger charge is 2.24. The minimum atomic E-state index is -0.214. The van der Waals surface area contributed by atoms with Crippen molar-refractivity contribution in [3.05, 3.63) is 40.5 Å². The van der Waals surface area contributed by atoms with Crippen molar-refractivity contribution in [3.8, 4) is 6.07 Å². The van der Waals surface area contributed by atoms with Gasteiger partial charge in [-0.25, -0.2) is 0 Å². The summed E-state index contributed by atoms with van der Waals surface area (Å²) in [4.78, 5) is 14.2. The van der Waals surface area contributed by atoms with Gasteiger partial charge in [0.1, 0.15) is 11.6 Å². The molecule has 22 heavy (non-hydrogen) atoms. The second-order valence-corrected chi connectivity index (χ2v) is 6.36. The van der Waals surface area contributed by atoms with Gasteiger partial charge in [0, 0.05) is 23.8 Å².